The quantitative estimate of drug-likeness (QED) is 0.198. The second-order valence-electron chi connectivity index (χ2n) is 11.9. The van der Waals surface area contributed by atoms with Gasteiger partial charge >= 0.3 is 0 Å². The van der Waals surface area contributed by atoms with E-state index in [-0.39, 0.29) is 0 Å². The Morgan fingerprint density at radius 2 is 1.02 bits per heavy atom. The van der Waals surface area contributed by atoms with Crippen LogP contribution in [-0.2, 0) is 0 Å². The van der Waals surface area contributed by atoms with E-state index < -0.39 is 0 Å². The lowest BCUT2D eigenvalue weighted by Crippen LogP contribution is -1.93. The lowest BCUT2D eigenvalue weighted by atomic mass is 9.88. The molecule has 0 aliphatic rings. The highest BCUT2D eigenvalue weighted by Gasteiger charge is 2.19. The highest BCUT2D eigenvalue weighted by atomic mass is 16.3. The van der Waals surface area contributed by atoms with E-state index in [9.17, 15) is 10.5 Å². The van der Waals surface area contributed by atoms with Crippen molar-refractivity contribution in [3.63, 3.8) is 0 Å². The summed E-state index contributed by atoms with van der Waals surface area (Å²) in [6.45, 7) is 0. The van der Waals surface area contributed by atoms with Crippen molar-refractivity contribution in [3.8, 4) is 56.6 Å². The van der Waals surface area contributed by atoms with E-state index in [0.29, 0.717) is 11.1 Å². The van der Waals surface area contributed by atoms with Gasteiger partial charge in [-0.3, -0.25) is 0 Å². The zero-order chi connectivity index (χ0) is 32.2. The summed E-state index contributed by atoms with van der Waals surface area (Å²) < 4.78 is 12.6. The summed E-state index contributed by atoms with van der Waals surface area (Å²) in [4.78, 5) is 0. The zero-order valence-corrected chi connectivity index (χ0v) is 25.6. The topological polar surface area (TPSA) is 73.9 Å². The molecule has 0 unspecified atom stereocenters. The molecular formula is C44H24N2O2. The Kier molecular flexibility index (Phi) is 6.22. The van der Waals surface area contributed by atoms with Gasteiger partial charge in [-0.25, -0.2) is 0 Å². The number of benzene rings is 7. The molecule has 0 atom stereocenters. The molecule has 0 saturated heterocycles. The SMILES string of the molecule is N#Cc1ccc(-c2cccc3oc4ccc(-c5cc(-c6ccccc6)c(C#N)c(-c6ccc7c(c6)oc6ccccc67)c5)cc4c23)cc1. The van der Waals surface area contributed by atoms with Gasteiger partial charge in [-0.15, -0.1) is 0 Å². The standard InChI is InChI=1S/C44H24N2O2/c45-25-27-13-15-29(16-14-27)33-10-6-12-42-44(33)38-21-30(18-20-41(38)47-42)32-22-36(28-7-2-1-3-8-28)39(26-46)37(23-32)31-17-19-35-34-9-4-5-11-40(34)48-43(35)24-31/h1-24H. The molecule has 4 nitrogen and oxygen atoms in total. The van der Waals surface area contributed by atoms with Gasteiger partial charge in [-0.05, 0) is 94.0 Å². The molecule has 0 amide bonds. The Balaban J connectivity index is 1.27. The maximum absolute atomic E-state index is 10.6. The summed E-state index contributed by atoms with van der Waals surface area (Å²) in [6.07, 6.45) is 0. The molecule has 0 spiro atoms. The number of hydrogen-bond acceptors (Lipinski definition) is 4. The third kappa shape index (κ3) is 4.36. The van der Waals surface area contributed by atoms with Crippen molar-refractivity contribution >= 4 is 43.9 Å². The minimum atomic E-state index is 0.610. The van der Waals surface area contributed by atoms with Crippen LogP contribution in [0.15, 0.2) is 154 Å². The van der Waals surface area contributed by atoms with Crippen molar-refractivity contribution in [2.45, 2.75) is 0 Å². The van der Waals surface area contributed by atoms with Crippen LogP contribution in [0, 0.1) is 22.7 Å². The third-order valence-electron chi connectivity index (χ3n) is 9.18. The van der Waals surface area contributed by atoms with Crippen LogP contribution >= 0.6 is 0 Å². The highest BCUT2D eigenvalue weighted by molar-refractivity contribution is 6.13. The zero-order valence-electron chi connectivity index (χ0n) is 25.6. The molecule has 0 aliphatic heterocycles. The lowest BCUT2D eigenvalue weighted by molar-refractivity contribution is 0.668. The number of nitriles is 2. The van der Waals surface area contributed by atoms with Gasteiger partial charge in [0.2, 0.25) is 0 Å². The fourth-order valence-electron chi connectivity index (χ4n) is 6.87. The smallest absolute Gasteiger partial charge is 0.136 e. The van der Waals surface area contributed by atoms with Crippen molar-refractivity contribution in [1.29, 1.82) is 10.5 Å². The second kappa shape index (κ2) is 10.9. The summed E-state index contributed by atoms with van der Waals surface area (Å²) in [5, 5.41) is 24.1. The Bertz CT molecular complexity index is 2790. The number of para-hydroxylation sites is 1. The van der Waals surface area contributed by atoms with E-state index in [1.165, 1.54) is 0 Å². The first-order chi connectivity index (χ1) is 23.7. The van der Waals surface area contributed by atoms with Crippen molar-refractivity contribution in [2.24, 2.45) is 0 Å². The number of hydrogen-bond donors (Lipinski definition) is 0. The van der Waals surface area contributed by atoms with Crippen LogP contribution in [0.25, 0.3) is 88.4 Å². The van der Waals surface area contributed by atoms with Crippen LogP contribution in [-0.4, -0.2) is 0 Å². The van der Waals surface area contributed by atoms with Crippen LogP contribution in [0.3, 0.4) is 0 Å². The average Bonchev–Trinajstić information content (AvgIpc) is 3.72. The Hall–Kier alpha value is -6.88. The van der Waals surface area contributed by atoms with Gasteiger partial charge in [0.25, 0.3) is 0 Å². The molecule has 0 bridgehead atoms. The van der Waals surface area contributed by atoms with Crippen LogP contribution in [0.1, 0.15) is 11.1 Å². The van der Waals surface area contributed by atoms with Crippen LogP contribution in [0.2, 0.25) is 0 Å². The Morgan fingerprint density at radius 3 is 1.83 bits per heavy atom. The molecule has 0 N–H and O–H groups in total. The maximum atomic E-state index is 10.6. The predicted octanol–water partition coefficient (Wildman–Crippen LogP) is 11.9. The lowest BCUT2D eigenvalue weighted by Gasteiger charge is -2.14. The molecule has 48 heavy (non-hydrogen) atoms. The fourth-order valence-corrected chi connectivity index (χ4v) is 6.87. The normalized spacial score (nSPS) is 11.3. The van der Waals surface area contributed by atoms with Crippen molar-refractivity contribution in [3.05, 3.63) is 157 Å². The van der Waals surface area contributed by atoms with Crippen LogP contribution in [0.5, 0.6) is 0 Å². The summed E-state index contributed by atoms with van der Waals surface area (Å²) in [5.41, 5.74) is 12.1. The molecular weight excluding hydrogens is 588 g/mol. The average molecular weight is 613 g/mol. The first-order valence-electron chi connectivity index (χ1n) is 15.7. The van der Waals surface area contributed by atoms with Gasteiger partial charge in [0.1, 0.15) is 28.4 Å². The summed E-state index contributed by atoms with van der Waals surface area (Å²) in [7, 11) is 0. The second-order valence-corrected chi connectivity index (χ2v) is 11.9. The largest absolute Gasteiger partial charge is 0.456 e. The minimum Gasteiger partial charge on any atom is -0.456 e. The summed E-state index contributed by atoms with van der Waals surface area (Å²) >= 11 is 0. The number of nitrogens with zero attached hydrogens (tertiary/aromatic N) is 2. The first kappa shape index (κ1) is 27.4. The molecule has 0 saturated carbocycles. The van der Waals surface area contributed by atoms with E-state index in [2.05, 4.69) is 60.7 Å². The number of furan rings is 2. The predicted molar refractivity (Wildman–Crippen MR) is 192 cm³/mol. The molecule has 0 radical (unpaired) electrons. The van der Waals surface area contributed by atoms with Crippen LogP contribution < -0.4 is 0 Å². The molecule has 222 valence electrons. The molecule has 9 aromatic rings. The minimum absolute atomic E-state index is 0.610. The third-order valence-corrected chi connectivity index (χ3v) is 9.18. The number of fused-ring (bicyclic) bond motifs is 6. The molecule has 7 aromatic carbocycles. The van der Waals surface area contributed by atoms with Gasteiger partial charge in [0.05, 0.1) is 17.2 Å². The van der Waals surface area contributed by atoms with Gasteiger partial charge in [0.15, 0.2) is 0 Å². The number of rotatable bonds is 4. The van der Waals surface area contributed by atoms with E-state index in [1.54, 1.807) is 0 Å². The maximum Gasteiger partial charge on any atom is 0.136 e. The summed E-state index contributed by atoms with van der Waals surface area (Å²) in [6, 6.07) is 53.3. The van der Waals surface area contributed by atoms with E-state index in [1.807, 2.05) is 97.1 Å². The van der Waals surface area contributed by atoms with Gasteiger partial charge in [0, 0.05) is 32.7 Å². The first-order valence-corrected chi connectivity index (χ1v) is 15.7. The van der Waals surface area contributed by atoms with E-state index in [0.717, 1.165) is 88.4 Å². The monoisotopic (exact) mass is 612 g/mol. The molecule has 9 rings (SSSR count). The fraction of sp³-hybridized carbons (Fsp3) is 0. The van der Waals surface area contributed by atoms with E-state index >= 15 is 0 Å². The van der Waals surface area contributed by atoms with Crippen LogP contribution in [0.4, 0.5) is 0 Å². The van der Waals surface area contributed by atoms with Crippen molar-refractivity contribution in [2.75, 3.05) is 0 Å². The van der Waals surface area contributed by atoms with Crippen molar-refractivity contribution in [1.82, 2.24) is 0 Å². The highest BCUT2D eigenvalue weighted by Crippen LogP contribution is 2.42. The molecule has 0 aliphatic carbocycles. The van der Waals surface area contributed by atoms with Crippen molar-refractivity contribution < 1.29 is 8.83 Å². The molecule has 2 aromatic heterocycles. The van der Waals surface area contributed by atoms with Gasteiger partial charge in [-0.2, -0.15) is 10.5 Å². The van der Waals surface area contributed by atoms with E-state index in [4.69, 9.17) is 8.83 Å². The molecule has 4 heteroatoms. The summed E-state index contributed by atoms with van der Waals surface area (Å²) in [5.74, 6) is 0. The Labute approximate surface area is 275 Å². The van der Waals surface area contributed by atoms with Gasteiger partial charge < -0.3 is 8.83 Å². The van der Waals surface area contributed by atoms with Gasteiger partial charge in [-0.1, -0.05) is 84.9 Å². The molecule has 2 heterocycles. The Morgan fingerprint density at radius 1 is 0.375 bits per heavy atom. The molecule has 0 fully saturated rings.